The van der Waals surface area contributed by atoms with Crippen LogP contribution in [0.2, 0.25) is 0 Å². The van der Waals surface area contributed by atoms with Gasteiger partial charge >= 0.3 is 6.08 Å². The Balaban J connectivity index is 1.78. The van der Waals surface area contributed by atoms with Crippen LogP contribution in [0, 0.1) is 5.92 Å². The smallest absolute Gasteiger partial charge is 0.301 e. The summed E-state index contributed by atoms with van der Waals surface area (Å²) < 4.78 is 37.1. The number of hydrogen-bond acceptors (Lipinski definition) is 5. The van der Waals surface area contributed by atoms with Crippen molar-refractivity contribution in [2.45, 2.75) is 30.5 Å². The van der Waals surface area contributed by atoms with E-state index in [1.807, 2.05) is 6.92 Å². The first kappa shape index (κ1) is 16.4. The van der Waals surface area contributed by atoms with E-state index in [1.54, 1.807) is 6.20 Å². The molecule has 116 valence electrons. The van der Waals surface area contributed by atoms with E-state index in [0.717, 1.165) is 10.6 Å². The van der Waals surface area contributed by atoms with E-state index in [2.05, 4.69) is 10.1 Å². The summed E-state index contributed by atoms with van der Waals surface area (Å²) in [4.78, 5) is 10.3. The molecule has 1 fully saturated rings. The lowest BCUT2D eigenvalue weighted by Crippen LogP contribution is -1.95. The Labute approximate surface area is 129 Å². The van der Waals surface area contributed by atoms with Crippen LogP contribution in [0.15, 0.2) is 27.6 Å². The van der Waals surface area contributed by atoms with Gasteiger partial charge < -0.3 is 4.84 Å². The molecule has 0 saturated heterocycles. The van der Waals surface area contributed by atoms with Crippen LogP contribution in [0.4, 0.5) is 13.2 Å². The van der Waals surface area contributed by atoms with Crippen LogP contribution in [0.25, 0.3) is 0 Å². The molecule has 0 spiro atoms. The molecule has 3 nitrogen and oxygen atoms in total. The van der Waals surface area contributed by atoms with Gasteiger partial charge in [-0.25, -0.2) is 9.37 Å². The molecule has 0 N–H and O–H groups in total. The minimum atomic E-state index is -2.24. The lowest BCUT2D eigenvalue weighted by Gasteiger charge is -1.98. The Bertz CT molecular complexity index is 537. The highest BCUT2D eigenvalue weighted by Crippen LogP contribution is 2.29. The van der Waals surface area contributed by atoms with Crippen molar-refractivity contribution in [2.24, 2.45) is 11.1 Å². The normalized spacial score (nSPS) is 15.1. The van der Waals surface area contributed by atoms with Crippen LogP contribution in [0.1, 0.15) is 31.1 Å². The highest BCUT2D eigenvalue weighted by molar-refractivity contribution is 8.01. The van der Waals surface area contributed by atoms with Crippen molar-refractivity contribution in [1.29, 1.82) is 0 Å². The molecule has 1 heterocycles. The number of hydrogen-bond donors (Lipinski definition) is 0. The molecular weight excluding hydrogens is 321 g/mol. The molecule has 0 bridgehead atoms. The van der Waals surface area contributed by atoms with E-state index in [9.17, 15) is 13.2 Å². The minimum absolute atomic E-state index is 0.227. The summed E-state index contributed by atoms with van der Waals surface area (Å²) >= 11 is 2.64. The topological polar surface area (TPSA) is 34.5 Å². The number of thiazole rings is 1. The maximum absolute atomic E-state index is 12.6. The average Bonchev–Trinajstić information content (AvgIpc) is 3.14. The molecule has 1 aromatic rings. The maximum Gasteiger partial charge on any atom is 0.301 e. The highest BCUT2D eigenvalue weighted by Gasteiger charge is 2.21. The number of allylic oxidation sites excluding steroid dienone is 1. The van der Waals surface area contributed by atoms with Crippen LogP contribution in [0.5, 0.6) is 0 Å². The van der Waals surface area contributed by atoms with Gasteiger partial charge in [-0.2, -0.15) is 8.78 Å². The molecule has 0 aromatic carbocycles. The van der Waals surface area contributed by atoms with E-state index in [4.69, 9.17) is 4.84 Å². The summed E-state index contributed by atoms with van der Waals surface area (Å²) in [6, 6.07) is 0. The molecule has 0 radical (unpaired) electrons. The Morgan fingerprint density at radius 3 is 2.90 bits per heavy atom. The first-order valence-corrected chi connectivity index (χ1v) is 8.31. The first-order valence-electron chi connectivity index (χ1n) is 6.51. The first-order chi connectivity index (χ1) is 10.1. The molecule has 0 unspecified atom stereocenters. The number of aromatic nitrogens is 1. The fourth-order valence-electron chi connectivity index (χ4n) is 1.38. The SMILES string of the molecule is C/C(=N/OCC1CC1)c1cnc(SCCC(F)=C(F)F)s1. The predicted octanol–water partition coefficient (Wildman–Crippen LogP) is 4.85. The molecule has 0 atom stereocenters. The highest BCUT2D eigenvalue weighted by atomic mass is 32.2. The third-order valence-corrected chi connectivity index (χ3v) is 5.07. The van der Waals surface area contributed by atoms with E-state index < -0.39 is 11.9 Å². The van der Waals surface area contributed by atoms with E-state index in [0.29, 0.717) is 16.9 Å². The summed E-state index contributed by atoms with van der Waals surface area (Å²) in [6.45, 7) is 2.48. The van der Waals surface area contributed by atoms with Gasteiger partial charge in [-0.05, 0) is 25.7 Å². The summed E-state index contributed by atoms with van der Waals surface area (Å²) in [5, 5.41) is 4.03. The van der Waals surface area contributed by atoms with Crippen molar-refractivity contribution in [3.63, 3.8) is 0 Å². The third-order valence-electron chi connectivity index (χ3n) is 2.80. The van der Waals surface area contributed by atoms with Crippen molar-refractivity contribution in [3.8, 4) is 0 Å². The number of nitrogens with zero attached hydrogens (tertiary/aromatic N) is 2. The van der Waals surface area contributed by atoms with Crippen molar-refractivity contribution >= 4 is 28.8 Å². The van der Waals surface area contributed by atoms with Gasteiger partial charge in [0.2, 0.25) is 0 Å². The molecule has 1 aromatic heterocycles. The van der Waals surface area contributed by atoms with Gasteiger partial charge in [0, 0.05) is 18.4 Å². The lowest BCUT2D eigenvalue weighted by molar-refractivity contribution is 0.134. The fourth-order valence-corrected chi connectivity index (χ4v) is 3.31. The monoisotopic (exact) mass is 336 g/mol. The average molecular weight is 336 g/mol. The van der Waals surface area contributed by atoms with E-state index >= 15 is 0 Å². The molecule has 2 rings (SSSR count). The minimum Gasteiger partial charge on any atom is -0.395 e. The summed E-state index contributed by atoms with van der Waals surface area (Å²) in [5.74, 6) is -0.483. The summed E-state index contributed by atoms with van der Waals surface area (Å²) in [6.07, 6.45) is 1.54. The fraction of sp³-hybridized carbons (Fsp3) is 0.538. The summed E-state index contributed by atoms with van der Waals surface area (Å²) in [5.41, 5.74) is 0.737. The van der Waals surface area contributed by atoms with Gasteiger partial charge in [-0.3, -0.25) is 0 Å². The maximum atomic E-state index is 12.6. The van der Waals surface area contributed by atoms with Crippen LogP contribution in [0.3, 0.4) is 0 Å². The second-order valence-corrected chi connectivity index (χ2v) is 7.04. The lowest BCUT2D eigenvalue weighted by atomic mass is 10.4. The van der Waals surface area contributed by atoms with Crippen LogP contribution < -0.4 is 0 Å². The largest absolute Gasteiger partial charge is 0.395 e. The quantitative estimate of drug-likeness (QED) is 0.386. The standard InChI is InChI=1S/C13H15F3N2OS2/c1-8(18-19-7-9-2-3-9)11-6-17-13(21-11)20-5-4-10(14)12(15)16/h6,9H,2-5,7H2,1H3/b18-8-. The van der Waals surface area contributed by atoms with Gasteiger partial charge in [0.05, 0.1) is 10.6 Å². The van der Waals surface area contributed by atoms with Gasteiger partial charge in [-0.1, -0.05) is 16.9 Å². The van der Waals surface area contributed by atoms with Crippen LogP contribution >= 0.6 is 23.1 Å². The Morgan fingerprint density at radius 1 is 1.48 bits per heavy atom. The molecule has 21 heavy (non-hydrogen) atoms. The molecule has 0 amide bonds. The molecule has 1 aliphatic carbocycles. The molecule has 1 aliphatic rings. The Kier molecular flexibility index (Phi) is 6.10. The number of rotatable bonds is 8. The third kappa shape index (κ3) is 5.70. The Morgan fingerprint density at radius 2 is 2.24 bits per heavy atom. The van der Waals surface area contributed by atoms with Crippen molar-refractivity contribution in [1.82, 2.24) is 4.98 Å². The van der Waals surface area contributed by atoms with Crippen LogP contribution in [-0.4, -0.2) is 23.1 Å². The summed E-state index contributed by atoms with van der Waals surface area (Å²) in [7, 11) is 0. The van der Waals surface area contributed by atoms with Crippen LogP contribution in [-0.2, 0) is 4.84 Å². The molecule has 8 heteroatoms. The number of oxime groups is 1. The molecular formula is C13H15F3N2OS2. The zero-order valence-corrected chi connectivity index (χ0v) is 13.1. The van der Waals surface area contributed by atoms with Gasteiger partial charge in [0.15, 0.2) is 5.83 Å². The molecule has 0 aliphatic heterocycles. The van der Waals surface area contributed by atoms with Gasteiger partial charge in [0.25, 0.3) is 0 Å². The number of halogens is 3. The predicted molar refractivity (Wildman–Crippen MR) is 78.7 cm³/mol. The molecule has 1 saturated carbocycles. The van der Waals surface area contributed by atoms with Crippen molar-refractivity contribution in [2.75, 3.05) is 12.4 Å². The second-order valence-electron chi connectivity index (χ2n) is 4.67. The van der Waals surface area contributed by atoms with E-state index in [-0.39, 0.29) is 12.2 Å². The van der Waals surface area contributed by atoms with Crippen molar-refractivity contribution in [3.05, 3.63) is 23.0 Å². The van der Waals surface area contributed by atoms with Gasteiger partial charge in [0.1, 0.15) is 10.9 Å². The Hall–Kier alpha value is -1.02. The zero-order valence-electron chi connectivity index (χ0n) is 11.4. The van der Waals surface area contributed by atoms with Gasteiger partial charge in [-0.15, -0.1) is 11.3 Å². The zero-order chi connectivity index (χ0) is 15.2. The van der Waals surface area contributed by atoms with E-state index in [1.165, 1.54) is 35.9 Å². The van der Waals surface area contributed by atoms with Crippen molar-refractivity contribution < 1.29 is 18.0 Å². The number of thioether (sulfide) groups is 1. The second kappa shape index (κ2) is 7.84.